The molecule has 2 aromatic rings. The minimum Gasteiger partial charge on any atom is -0.476 e. The minimum absolute atomic E-state index is 0.177. The molecule has 0 bridgehead atoms. The number of aromatic nitrogens is 2. The number of methoxy groups -OCH3 is 2. The molecule has 8 heteroatoms. The van der Waals surface area contributed by atoms with Gasteiger partial charge in [-0.2, -0.15) is 9.97 Å². The van der Waals surface area contributed by atoms with Crippen LogP contribution in [-0.2, 0) is 6.42 Å². The molecule has 0 N–H and O–H groups in total. The van der Waals surface area contributed by atoms with Crippen molar-refractivity contribution in [3.63, 3.8) is 0 Å². The molecule has 1 heterocycles. The highest BCUT2D eigenvalue weighted by Crippen LogP contribution is 2.33. The van der Waals surface area contributed by atoms with Crippen molar-refractivity contribution in [3.05, 3.63) is 51.6 Å². The fourth-order valence-corrected chi connectivity index (χ4v) is 1.76. The van der Waals surface area contributed by atoms with E-state index in [1.807, 2.05) is 0 Å². The van der Waals surface area contributed by atoms with Crippen LogP contribution in [0, 0.1) is 15.9 Å². The lowest BCUT2D eigenvalue weighted by molar-refractivity contribution is -0.387. The molecule has 0 aliphatic rings. The number of rotatable bonds is 5. The molecule has 0 unspecified atom stereocenters. The predicted octanol–water partition coefficient (Wildman–Crippen LogP) is 2.13. The molecule has 0 fully saturated rings. The van der Waals surface area contributed by atoms with Crippen LogP contribution in [0.3, 0.4) is 0 Å². The second-order valence-corrected chi connectivity index (χ2v) is 4.07. The summed E-state index contributed by atoms with van der Waals surface area (Å²) in [5, 5.41) is 11.0. The largest absolute Gasteiger partial charge is 0.476 e. The van der Waals surface area contributed by atoms with Crippen LogP contribution < -0.4 is 9.47 Å². The first-order chi connectivity index (χ1) is 10.0. The van der Waals surface area contributed by atoms with Crippen molar-refractivity contribution < 1.29 is 18.8 Å². The number of hydrogen-bond donors (Lipinski definition) is 0. The maximum Gasteiger partial charge on any atom is 0.392 e. The Morgan fingerprint density at radius 1 is 1.14 bits per heavy atom. The molecule has 0 spiro atoms. The monoisotopic (exact) mass is 293 g/mol. The van der Waals surface area contributed by atoms with E-state index in [0.717, 1.165) is 5.56 Å². The lowest BCUT2D eigenvalue weighted by Gasteiger charge is -2.07. The van der Waals surface area contributed by atoms with Crippen molar-refractivity contribution in [1.82, 2.24) is 9.97 Å². The first-order valence-corrected chi connectivity index (χ1v) is 5.93. The first kappa shape index (κ1) is 14.6. The average molecular weight is 293 g/mol. The second-order valence-electron chi connectivity index (χ2n) is 4.07. The normalized spacial score (nSPS) is 10.2. The third-order valence-corrected chi connectivity index (χ3v) is 2.71. The van der Waals surface area contributed by atoms with Crippen molar-refractivity contribution in [3.8, 4) is 11.8 Å². The molecule has 0 amide bonds. The van der Waals surface area contributed by atoms with Gasteiger partial charge in [-0.15, -0.1) is 0 Å². The number of hydrogen-bond acceptors (Lipinski definition) is 6. The van der Waals surface area contributed by atoms with E-state index in [2.05, 4.69) is 9.97 Å². The standard InChI is InChI=1S/C13H12FN3O4/c1-20-12-11(17(18)19)13(21-2)16-10(15-12)7-8-3-5-9(14)6-4-8/h3-6H,7H2,1-2H3. The van der Waals surface area contributed by atoms with Gasteiger partial charge in [0.1, 0.15) is 11.6 Å². The van der Waals surface area contributed by atoms with Crippen molar-refractivity contribution in [2.45, 2.75) is 6.42 Å². The van der Waals surface area contributed by atoms with E-state index in [0.29, 0.717) is 0 Å². The molecule has 0 saturated heterocycles. The van der Waals surface area contributed by atoms with Gasteiger partial charge in [-0.1, -0.05) is 12.1 Å². The van der Waals surface area contributed by atoms with Gasteiger partial charge < -0.3 is 9.47 Å². The smallest absolute Gasteiger partial charge is 0.392 e. The molecule has 0 radical (unpaired) electrons. The molecule has 1 aromatic heterocycles. The minimum atomic E-state index is -0.667. The molecule has 0 atom stereocenters. The SMILES string of the molecule is COc1nc(Cc2ccc(F)cc2)nc(OC)c1[N+](=O)[O-]. The molecule has 110 valence electrons. The maximum atomic E-state index is 12.9. The summed E-state index contributed by atoms with van der Waals surface area (Å²) in [6.07, 6.45) is 0.269. The topological polar surface area (TPSA) is 87.4 Å². The number of ether oxygens (including phenoxy) is 2. The third kappa shape index (κ3) is 3.22. The van der Waals surface area contributed by atoms with Gasteiger partial charge in [0.2, 0.25) is 0 Å². The van der Waals surface area contributed by atoms with Crippen LogP contribution >= 0.6 is 0 Å². The Bertz CT molecular complexity index is 636. The van der Waals surface area contributed by atoms with Crippen LogP contribution in [0.1, 0.15) is 11.4 Å². The summed E-state index contributed by atoms with van der Waals surface area (Å²) in [4.78, 5) is 18.3. The van der Waals surface area contributed by atoms with E-state index in [1.165, 1.54) is 26.4 Å². The Morgan fingerprint density at radius 2 is 1.67 bits per heavy atom. The molecule has 0 saturated carbocycles. The number of halogens is 1. The molecule has 0 aliphatic carbocycles. The van der Waals surface area contributed by atoms with Gasteiger partial charge in [0.25, 0.3) is 0 Å². The third-order valence-electron chi connectivity index (χ3n) is 2.71. The van der Waals surface area contributed by atoms with Crippen LogP contribution in [0.15, 0.2) is 24.3 Å². The Labute approximate surface area is 119 Å². The lowest BCUT2D eigenvalue weighted by Crippen LogP contribution is -2.06. The van der Waals surface area contributed by atoms with E-state index in [1.54, 1.807) is 12.1 Å². The summed E-state index contributed by atoms with van der Waals surface area (Å²) in [6.45, 7) is 0. The molecule has 21 heavy (non-hydrogen) atoms. The highest BCUT2D eigenvalue weighted by molar-refractivity contribution is 5.50. The quantitative estimate of drug-likeness (QED) is 0.620. The van der Waals surface area contributed by atoms with Crippen LogP contribution in [0.25, 0.3) is 0 Å². The summed E-state index contributed by atoms with van der Waals surface area (Å²) in [5.74, 6) is -0.424. The highest BCUT2D eigenvalue weighted by Gasteiger charge is 2.26. The first-order valence-electron chi connectivity index (χ1n) is 5.93. The summed E-state index contributed by atoms with van der Waals surface area (Å²) in [6, 6.07) is 5.79. The molecule has 1 aromatic carbocycles. The van der Waals surface area contributed by atoms with Gasteiger partial charge in [0.15, 0.2) is 0 Å². The van der Waals surface area contributed by atoms with Gasteiger partial charge >= 0.3 is 17.4 Å². The maximum absolute atomic E-state index is 12.9. The number of nitro groups is 1. The van der Waals surface area contributed by atoms with E-state index in [9.17, 15) is 14.5 Å². The zero-order valence-corrected chi connectivity index (χ0v) is 11.4. The summed E-state index contributed by atoms with van der Waals surface area (Å²) in [5.41, 5.74) is 0.331. The average Bonchev–Trinajstić information content (AvgIpc) is 2.48. The Morgan fingerprint density at radius 3 is 2.10 bits per heavy atom. The number of benzene rings is 1. The summed E-state index contributed by atoms with van der Waals surface area (Å²) < 4.78 is 22.7. The van der Waals surface area contributed by atoms with Crippen molar-refractivity contribution in [2.75, 3.05) is 14.2 Å². The predicted molar refractivity (Wildman–Crippen MR) is 71.0 cm³/mol. The molecular formula is C13H12FN3O4. The van der Waals surface area contributed by atoms with Gasteiger partial charge in [0.05, 0.1) is 19.1 Å². The Hall–Kier alpha value is -2.77. The zero-order chi connectivity index (χ0) is 15.4. The fraction of sp³-hybridized carbons (Fsp3) is 0.231. The van der Waals surface area contributed by atoms with Crippen molar-refractivity contribution >= 4 is 5.69 Å². The van der Waals surface area contributed by atoms with Gasteiger partial charge in [-0.3, -0.25) is 10.1 Å². The second kappa shape index (κ2) is 6.12. The van der Waals surface area contributed by atoms with Gasteiger partial charge in [-0.05, 0) is 17.7 Å². The van der Waals surface area contributed by atoms with Crippen molar-refractivity contribution in [1.29, 1.82) is 0 Å². The number of nitrogens with zero attached hydrogens (tertiary/aromatic N) is 3. The Kier molecular flexibility index (Phi) is 4.27. The Balaban J connectivity index is 2.40. The summed E-state index contributed by atoms with van der Waals surface area (Å²) in [7, 11) is 2.55. The zero-order valence-electron chi connectivity index (χ0n) is 11.4. The molecular weight excluding hydrogens is 281 g/mol. The van der Waals surface area contributed by atoms with Crippen LogP contribution in [-0.4, -0.2) is 29.1 Å². The lowest BCUT2D eigenvalue weighted by atomic mass is 10.1. The van der Waals surface area contributed by atoms with Crippen molar-refractivity contribution in [2.24, 2.45) is 0 Å². The molecule has 7 nitrogen and oxygen atoms in total. The molecule has 2 rings (SSSR count). The molecule has 0 aliphatic heterocycles. The van der Waals surface area contributed by atoms with E-state index in [4.69, 9.17) is 9.47 Å². The van der Waals surface area contributed by atoms with Crippen LogP contribution in [0.4, 0.5) is 10.1 Å². The highest BCUT2D eigenvalue weighted by atomic mass is 19.1. The van der Waals surface area contributed by atoms with Crippen LogP contribution in [0.5, 0.6) is 11.8 Å². The van der Waals surface area contributed by atoms with E-state index >= 15 is 0 Å². The van der Waals surface area contributed by atoms with Gasteiger partial charge in [0, 0.05) is 6.42 Å². The van der Waals surface area contributed by atoms with Gasteiger partial charge in [-0.25, -0.2) is 4.39 Å². The fourth-order valence-electron chi connectivity index (χ4n) is 1.76. The van der Waals surface area contributed by atoms with Crippen LogP contribution in [0.2, 0.25) is 0 Å². The van der Waals surface area contributed by atoms with E-state index in [-0.39, 0.29) is 29.8 Å². The summed E-state index contributed by atoms with van der Waals surface area (Å²) >= 11 is 0. The van der Waals surface area contributed by atoms with E-state index < -0.39 is 10.6 Å².